The Kier molecular flexibility index (Phi) is 5.29. The highest BCUT2D eigenvalue weighted by atomic mass is 16.5. The number of carbonyl (C=O) groups excluding carboxylic acids is 1. The van der Waals surface area contributed by atoms with Crippen molar-refractivity contribution in [3.8, 4) is 16.9 Å². The van der Waals surface area contributed by atoms with Crippen LogP contribution in [0.25, 0.3) is 27.7 Å². The van der Waals surface area contributed by atoms with Gasteiger partial charge in [0.15, 0.2) is 5.78 Å². The molecule has 1 fully saturated rings. The van der Waals surface area contributed by atoms with Gasteiger partial charge in [-0.1, -0.05) is 48.5 Å². The number of morpholine rings is 1. The highest BCUT2D eigenvalue weighted by molar-refractivity contribution is 5.99. The lowest BCUT2D eigenvalue weighted by Crippen LogP contribution is -2.36. The van der Waals surface area contributed by atoms with Crippen LogP contribution in [0.2, 0.25) is 0 Å². The second-order valence-electron chi connectivity index (χ2n) is 7.83. The first kappa shape index (κ1) is 20.2. The number of fused-ring (bicyclic) bond motifs is 1. The minimum absolute atomic E-state index is 0.114. The molecule has 32 heavy (non-hydrogen) atoms. The molecule has 0 saturated carbocycles. The van der Waals surface area contributed by atoms with Crippen molar-refractivity contribution in [2.24, 2.45) is 0 Å². The Labute approximate surface area is 185 Å². The Bertz CT molecular complexity index is 1360. The molecular weight excluding hydrogens is 402 g/mol. The smallest absolute Gasteiger partial charge is 0.279 e. The summed E-state index contributed by atoms with van der Waals surface area (Å²) in [6, 6.07) is 22.8. The Hall–Kier alpha value is -3.77. The molecule has 1 aromatic heterocycles. The molecule has 0 N–H and O–H groups in total. The van der Waals surface area contributed by atoms with Crippen molar-refractivity contribution in [1.29, 1.82) is 0 Å². The summed E-state index contributed by atoms with van der Waals surface area (Å²) >= 11 is 0. The molecule has 2 heterocycles. The van der Waals surface area contributed by atoms with E-state index >= 15 is 0 Å². The lowest BCUT2D eigenvalue weighted by molar-refractivity contribution is 0.101. The molecule has 6 heteroatoms. The SMILES string of the molecule is CC(=O)c1ccc(N2CCOCC2)cc1-n1nc(-c2ccccc2)c2ccccc2c1=O. The fourth-order valence-electron chi connectivity index (χ4n) is 4.17. The van der Waals surface area contributed by atoms with Crippen molar-refractivity contribution < 1.29 is 9.53 Å². The summed E-state index contributed by atoms with van der Waals surface area (Å²) in [5.41, 5.74) is 3.26. The first-order chi connectivity index (χ1) is 15.6. The number of hydrogen-bond donors (Lipinski definition) is 0. The van der Waals surface area contributed by atoms with Gasteiger partial charge in [-0.2, -0.15) is 9.78 Å². The normalized spacial score (nSPS) is 14.0. The van der Waals surface area contributed by atoms with E-state index in [0.29, 0.717) is 35.5 Å². The number of carbonyl (C=O) groups is 1. The largest absolute Gasteiger partial charge is 0.378 e. The van der Waals surface area contributed by atoms with Gasteiger partial charge in [0.05, 0.1) is 30.0 Å². The number of rotatable bonds is 4. The molecule has 3 aromatic carbocycles. The Morgan fingerprint density at radius 2 is 1.59 bits per heavy atom. The molecule has 1 saturated heterocycles. The third-order valence-corrected chi connectivity index (χ3v) is 5.82. The van der Waals surface area contributed by atoms with Crippen molar-refractivity contribution in [3.63, 3.8) is 0 Å². The van der Waals surface area contributed by atoms with Crippen molar-refractivity contribution in [3.05, 3.63) is 88.7 Å². The summed E-state index contributed by atoms with van der Waals surface area (Å²) in [6.45, 7) is 4.33. The predicted molar refractivity (Wildman–Crippen MR) is 126 cm³/mol. The van der Waals surface area contributed by atoms with Gasteiger partial charge in [0.2, 0.25) is 0 Å². The lowest BCUT2D eigenvalue weighted by Gasteiger charge is -2.29. The fourth-order valence-corrected chi connectivity index (χ4v) is 4.17. The highest BCUT2D eigenvalue weighted by Gasteiger charge is 2.19. The zero-order valence-electron chi connectivity index (χ0n) is 17.8. The van der Waals surface area contributed by atoms with E-state index in [9.17, 15) is 9.59 Å². The van der Waals surface area contributed by atoms with Crippen molar-refractivity contribution in [2.45, 2.75) is 6.92 Å². The van der Waals surface area contributed by atoms with Crippen LogP contribution in [-0.2, 0) is 4.74 Å². The van der Waals surface area contributed by atoms with Crippen LogP contribution in [0, 0.1) is 0 Å². The monoisotopic (exact) mass is 425 g/mol. The summed E-state index contributed by atoms with van der Waals surface area (Å²) < 4.78 is 6.85. The zero-order chi connectivity index (χ0) is 22.1. The summed E-state index contributed by atoms with van der Waals surface area (Å²) in [5, 5.41) is 6.13. The number of hydrogen-bond acceptors (Lipinski definition) is 5. The van der Waals surface area contributed by atoms with Crippen LogP contribution < -0.4 is 10.5 Å². The molecular formula is C26H23N3O3. The highest BCUT2D eigenvalue weighted by Crippen LogP contribution is 2.28. The van der Waals surface area contributed by atoms with Crippen molar-refractivity contribution in [2.75, 3.05) is 31.2 Å². The average Bonchev–Trinajstić information content (AvgIpc) is 2.85. The predicted octanol–water partition coefficient (Wildman–Crippen LogP) is 4.09. The van der Waals surface area contributed by atoms with Crippen LogP contribution in [0.3, 0.4) is 0 Å². The number of benzene rings is 3. The molecule has 0 aliphatic carbocycles. The standard InChI is InChI=1S/C26H23N3O3/c1-18(30)21-12-11-20(28-13-15-32-16-14-28)17-24(21)29-26(31)23-10-6-5-9-22(23)25(27-29)19-7-3-2-4-8-19/h2-12,17H,13-16H2,1H3. The number of nitrogens with zero attached hydrogens (tertiary/aromatic N) is 3. The average molecular weight is 425 g/mol. The second kappa shape index (κ2) is 8.40. The summed E-state index contributed by atoms with van der Waals surface area (Å²) in [6.07, 6.45) is 0. The molecule has 1 aliphatic heterocycles. The Morgan fingerprint density at radius 1 is 0.906 bits per heavy atom. The molecule has 0 amide bonds. The molecule has 1 aliphatic rings. The number of ketones is 1. The molecule has 6 nitrogen and oxygen atoms in total. The summed E-state index contributed by atoms with van der Waals surface area (Å²) in [4.78, 5) is 28.2. The maximum absolute atomic E-state index is 13.5. The van der Waals surface area contributed by atoms with E-state index in [0.717, 1.165) is 29.7 Å². The zero-order valence-corrected chi connectivity index (χ0v) is 17.8. The van der Waals surface area contributed by atoms with Gasteiger partial charge in [-0.25, -0.2) is 0 Å². The summed E-state index contributed by atoms with van der Waals surface area (Å²) in [7, 11) is 0. The molecule has 0 spiro atoms. The van der Waals surface area contributed by atoms with Crippen LogP contribution in [0.1, 0.15) is 17.3 Å². The van der Waals surface area contributed by atoms with E-state index < -0.39 is 0 Å². The van der Waals surface area contributed by atoms with Gasteiger partial charge in [0, 0.05) is 35.3 Å². The number of ether oxygens (including phenoxy) is 1. The maximum atomic E-state index is 13.5. The molecule has 0 bridgehead atoms. The molecule has 0 unspecified atom stereocenters. The third-order valence-electron chi connectivity index (χ3n) is 5.82. The van der Waals surface area contributed by atoms with Gasteiger partial charge in [-0.3, -0.25) is 9.59 Å². The minimum atomic E-state index is -0.248. The van der Waals surface area contributed by atoms with Gasteiger partial charge in [0.25, 0.3) is 5.56 Å². The molecule has 4 aromatic rings. The summed E-state index contributed by atoms with van der Waals surface area (Å²) in [5.74, 6) is -0.114. The minimum Gasteiger partial charge on any atom is -0.378 e. The Balaban J connectivity index is 1.78. The van der Waals surface area contributed by atoms with E-state index in [1.54, 1.807) is 6.07 Å². The van der Waals surface area contributed by atoms with E-state index in [4.69, 9.17) is 9.84 Å². The topological polar surface area (TPSA) is 64.4 Å². The molecule has 0 atom stereocenters. The quantitative estimate of drug-likeness (QED) is 0.461. The van der Waals surface area contributed by atoms with Gasteiger partial charge in [0.1, 0.15) is 0 Å². The van der Waals surface area contributed by atoms with Gasteiger partial charge < -0.3 is 9.64 Å². The van der Waals surface area contributed by atoms with E-state index in [1.165, 1.54) is 11.6 Å². The number of Topliss-reactive ketones (excluding diaryl/α,β-unsaturated/α-hetero) is 1. The molecule has 160 valence electrons. The number of anilines is 1. The van der Waals surface area contributed by atoms with Gasteiger partial charge >= 0.3 is 0 Å². The fraction of sp³-hybridized carbons (Fsp3) is 0.192. The van der Waals surface area contributed by atoms with Crippen LogP contribution >= 0.6 is 0 Å². The van der Waals surface area contributed by atoms with Crippen molar-refractivity contribution in [1.82, 2.24) is 9.78 Å². The third kappa shape index (κ3) is 3.59. The van der Waals surface area contributed by atoms with Crippen LogP contribution in [0.4, 0.5) is 5.69 Å². The first-order valence-corrected chi connectivity index (χ1v) is 10.7. The van der Waals surface area contributed by atoms with Gasteiger partial charge in [-0.05, 0) is 31.2 Å². The second-order valence-corrected chi connectivity index (χ2v) is 7.83. The molecule has 0 radical (unpaired) electrons. The van der Waals surface area contributed by atoms with E-state index in [1.807, 2.05) is 66.7 Å². The van der Waals surface area contributed by atoms with Crippen LogP contribution in [-0.4, -0.2) is 41.9 Å². The first-order valence-electron chi connectivity index (χ1n) is 10.7. The van der Waals surface area contributed by atoms with E-state index in [2.05, 4.69) is 4.90 Å². The van der Waals surface area contributed by atoms with E-state index in [-0.39, 0.29) is 11.3 Å². The van der Waals surface area contributed by atoms with Crippen LogP contribution in [0.15, 0.2) is 77.6 Å². The number of aromatic nitrogens is 2. The van der Waals surface area contributed by atoms with Crippen LogP contribution in [0.5, 0.6) is 0 Å². The Morgan fingerprint density at radius 3 is 2.31 bits per heavy atom. The lowest BCUT2D eigenvalue weighted by atomic mass is 10.0. The van der Waals surface area contributed by atoms with Crippen molar-refractivity contribution >= 4 is 22.2 Å². The van der Waals surface area contributed by atoms with Gasteiger partial charge in [-0.15, -0.1) is 0 Å². The maximum Gasteiger partial charge on any atom is 0.279 e. The molecule has 5 rings (SSSR count).